The van der Waals surface area contributed by atoms with E-state index in [0.29, 0.717) is 0 Å². The van der Waals surface area contributed by atoms with Crippen LogP contribution in [-0.2, 0) is 0 Å². The number of halogens is 1. The Morgan fingerprint density at radius 1 is 1.11 bits per heavy atom. The fourth-order valence-electron chi connectivity index (χ4n) is 3.89. The van der Waals surface area contributed by atoms with Gasteiger partial charge in [-0.3, -0.25) is 0 Å². The van der Waals surface area contributed by atoms with Crippen LogP contribution in [0.3, 0.4) is 0 Å². The summed E-state index contributed by atoms with van der Waals surface area (Å²) in [5.74, 6) is 0.889. The number of carbonyl (C=O) groups excluding carboxylic acids is 1. The largest absolute Gasteiger partial charge is 0.368 e. The van der Waals surface area contributed by atoms with Crippen molar-refractivity contribution in [2.24, 2.45) is 5.92 Å². The Kier molecular flexibility index (Phi) is 7.65. The van der Waals surface area contributed by atoms with Gasteiger partial charge in [-0.1, -0.05) is 24.6 Å². The summed E-state index contributed by atoms with van der Waals surface area (Å²) in [5, 5.41) is 3.85. The highest BCUT2D eigenvalue weighted by atomic mass is 35.5. The summed E-state index contributed by atoms with van der Waals surface area (Å²) >= 11 is 6.08. The van der Waals surface area contributed by atoms with Crippen LogP contribution in [-0.4, -0.2) is 68.2 Å². The average Bonchev–Trinajstić information content (AvgIpc) is 2.69. The fraction of sp³-hybridized carbons (Fsp3) is 0.667. The number of carbonyl (C=O) groups is 1. The van der Waals surface area contributed by atoms with Crippen molar-refractivity contribution in [2.75, 3.05) is 57.3 Å². The molecule has 27 heavy (non-hydrogen) atoms. The van der Waals surface area contributed by atoms with E-state index in [1.807, 2.05) is 23.1 Å². The van der Waals surface area contributed by atoms with Gasteiger partial charge in [-0.25, -0.2) is 4.79 Å². The highest BCUT2D eigenvalue weighted by Gasteiger charge is 2.21. The van der Waals surface area contributed by atoms with Gasteiger partial charge >= 0.3 is 6.03 Å². The molecule has 1 aromatic carbocycles. The summed E-state index contributed by atoms with van der Waals surface area (Å²) in [6, 6.07) is 8.00. The maximum atomic E-state index is 12.4. The van der Waals surface area contributed by atoms with Crippen LogP contribution in [0.5, 0.6) is 0 Å². The van der Waals surface area contributed by atoms with Crippen molar-refractivity contribution < 1.29 is 4.79 Å². The van der Waals surface area contributed by atoms with Crippen molar-refractivity contribution in [1.29, 1.82) is 0 Å². The van der Waals surface area contributed by atoms with Crippen molar-refractivity contribution >= 4 is 23.3 Å². The minimum absolute atomic E-state index is 0.0764. The highest BCUT2D eigenvalue weighted by Crippen LogP contribution is 2.20. The Morgan fingerprint density at radius 3 is 2.56 bits per heavy atom. The molecule has 0 bridgehead atoms. The first kappa shape index (κ1) is 20.3. The predicted molar refractivity (Wildman–Crippen MR) is 113 cm³/mol. The molecule has 2 amide bonds. The first-order chi connectivity index (χ1) is 13.1. The number of hydrogen-bond donors (Lipinski definition) is 1. The van der Waals surface area contributed by atoms with E-state index in [-0.39, 0.29) is 6.03 Å². The van der Waals surface area contributed by atoms with Gasteiger partial charge in [-0.2, -0.15) is 0 Å². The van der Waals surface area contributed by atoms with Crippen LogP contribution in [0.4, 0.5) is 10.5 Å². The van der Waals surface area contributed by atoms with Gasteiger partial charge in [0, 0.05) is 43.4 Å². The molecule has 0 aliphatic carbocycles. The second-order valence-corrected chi connectivity index (χ2v) is 8.35. The van der Waals surface area contributed by atoms with Crippen molar-refractivity contribution in [3.05, 3.63) is 29.3 Å². The smallest absolute Gasteiger partial charge is 0.317 e. The number of hydrogen-bond acceptors (Lipinski definition) is 3. The zero-order valence-electron chi connectivity index (χ0n) is 16.5. The Labute approximate surface area is 168 Å². The van der Waals surface area contributed by atoms with Crippen LogP contribution in [0.1, 0.15) is 32.6 Å². The molecule has 2 saturated heterocycles. The molecule has 0 atom stereocenters. The van der Waals surface area contributed by atoms with Crippen molar-refractivity contribution in [1.82, 2.24) is 15.1 Å². The molecule has 6 heteroatoms. The Bertz CT molecular complexity index is 596. The summed E-state index contributed by atoms with van der Waals surface area (Å²) in [6.45, 7) is 9.98. The zero-order valence-corrected chi connectivity index (χ0v) is 17.3. The lowest BCUT2D eigenvalue weighted by Gasteiger charge is -2.36. The van der Waals surface area contributed by atoms with Gasteiger partial charge in [0.25, 0.3) is 0 Å². The lowest BCUT2D eigenvalue weighted by Crippen LogP contribution is -2.52. The average molecular weight is 393 g/mol. The van der Waals surface area contributed by atoms with Gasteiger partial charge in [0.05, 0.1) is 0 Å². The van der Waals surface area contributed by atoms with Crippen molar-refractivity contribution in [3.8, 4) is 0 Å². The first-order valence-electron chi connectivity index (χ1n) is 10.4. The second kappa shape index (κ2) is 10.2. The number of piperazine rings is 1. The van der Waals surface area contributed by atoms with Crippen molar-refractivity contribution in [3.63, 3.8) is 0 Å². The Balaban J connectivity index is 1.28. The molecule has 0 unspecified atom stereocenters. The summed E-state index contributed by atoms with van der Waals surface area (Å²) < 4.78 is 0. The van der Waals surface area contributed by atoms with E-state index >= 15 is 0 Å². The van der Waals surface area contributed by atoms with Crippen LogP contribution in [0.2, 0.25) is 5.02 Å². The second-order valence-electron chi connectivity index (χ2n) is 7.92. The van der Waals surface area contributed by atoms with Crippen LogP contribution in [0.15, 0.2) is 24.3 Å². The van der Waals surface area contributed by atoms with E-state index in [1.165, 1.54) is 32.5 Å². The third kappa shape index (κ3) is 6.28. The molecule has 0 aromatic heterocycles. The predicted octanol–water partition coefficient (Wildman–Crippen LogP) is 3.68. The number of rotatable bonds is 6. The number of amides is 2. The molecule has 1 N–H and O–H groups in total. The number of unbranched alkanes of at least 4 members (excludes halogenated alkanes) is 1. The van der Waals surface area contributed by atoms with Crippen LogP contribution < -0.4 is 10.2 Å². The third-order valence-electron chi connectivity index (χ3n) is 5.79. The topological polar surface area (TPSA) is 38.8 Å². The van der Waals surface area contributed by atoms with E-state index in [1.54, 1.807) is 0 Å². The van der Waals surface area contributed by atoms with Crippen molar-refractivity contribution in [2.45, 2.75) is 32.6 Å². The first-order valence-corrected chi connectivity index (χ1v) is 10.8. The number of nitrogens with zero attached hydrogens (tertiary/aromatic N) is 3. The van der Waals surface area contributed by atoms with E-state index in [0.717, 1.165) is 62.2 Å². The quantitative estimate of drug-likeness (QED) is 0.750. The number of likely N-dealkylation sites (tertiary alicyclic amines) is 1. The normalized spacial score (nSPS) is 19.3. The molecule has 2 fully saturated rings. The number of urea groups is 1. The van der Waals surface area contributed by atoms with Gasteiger partial charge in [-0.05, 0) is 69.4 Å². The molecule has 1 aromatic rings. The summed E-state index contributed by atoms with van der Waals surface area (Å²) in [7, 11) is 0. The standard InChI is InChI=1S/C21H33ClN4O/c1-18-7-11-24(12-8-18)10-3-2-9-23-21(27)26-15-13-25(14-16-26)20-6-4-5-19(22)17-20/h4-6,17-18H,2-3,7-16H2,1H3,(H,23,27). The molecule has 150 valence electrons. The van der Waals surface area contributed by atoms with E-state index in [4.69, 9.17) is 11.6 Å². The van der Waals surface area contributed by atoms with E-state index in [2.05, 4.69) is 28.1 Å². The third-order valence-corrected chi connectivity index (χ3v) is 6.03. The fourth-order valence-corrected chi connectivity index (χ4v) is 4.08. The maximum Gasteiger partial charge on any atom is 0.317 e. The lowest BCUT2D eigenvalue weighted by atomic mass is 9.99. The molecule has 2 heterocycles. The molecular formula is C21H33ClN4O. The van der Waals surface area contributed by atoms with Gasteiger partial charge in [0.1, 0.15) is 0 Å². The Hall–Kier alpha value is -1.46. The molecule has 5 nitrogen and oxygen atoms in total. The van der Waals surface area contributed by atoms with Crippen LogP contribution in [0.25, 0.3) is 0 Å². The van der Waals surface area contributed by atoms with E-state index < -0.39 is 0 Å². The lowest BCUT2D eigenvalue weighted by molar-refractivity contribution is 0.186. The Morgan fingerprint density at radius 2 is 1.85 bits per heavy atom. The molecule has 0 spiro atoms. The number of anilines is 1. The maximum absolute atomic E-state index is 12.4. The highest BCUT2D eigenvalue weighted by molar-refractivity contribution is 6.30. The van der Waals surface area contributed by atoms with Gasteiger partial charge in [-0.15, -0.1) is 0 Å². The number of piperidine rings is 1. The van der Waals surface area contributed by atoms with Gasteiger partial charge in [0.2, 0.25) is 0 Å². The van der Waals surface area contributed by atoms with E-state index in [9.17, 15) is 4.79 Å². The van der Waals surface area contributed by atoms with Crippen LogP contribution in [0, 0.1) is 5.92 Å². The summed E-state index contributed by atoms with van der Waals surface area (Å²) in [6.07, 6.45) is 4.88. The molecule has 2 aliphatic heterocycles. The molecule has 3 rings (SSSR count). The van der Waals surface area contributed by atoms with Crippen LogP contribution >= 0.6 is 11.6 Å². The minimum Gasteiger partial charge on any atom is -0.368 e. The number of nitrogens with one attached hydrogen (secondary N) is 1. The number of benzene rings is 1. The SMILES string of the molecule is CC1CCN(CCCCNC(=O)N2CCN(c3cccc(Cl)c3)CC2)CC1. The molecule has 0 saturated carbocycles. The zero-order chi connectivity index (χ0) is 19.1. The molecule has 0 radical (unpaired) electrons. The van der Waals surface area contributed by atoms with Gasteiger partial charge < -0.3 is 20.0 Å². The summed E-state index contributed by atoms with van der Waals surface area (Å²) in [4.78, 5) is 19.1. The van der Waals surface area contributed by atoms with Gasteiger partial charge in [0.15, 0.2) is 0 Å². The minimum atomic E-state index is 0.0764. The monoisotopic (exact) mass is 392 g/mol. The summed E-state index contributed by atoms with van der Waals surface area (Å²) in [5.41, 5.74) is 1.13. The molecule has 2 aliphatic rings. The molecular weight excluding hydrogens is 360 g/mol.